The molecule has 1 N–H and O–H groups in total. The Morgan fingerprint density at radius 1 is 1.52 bits per heavy atom. The average molecular weight is 311 g/mol. The molecule has 0 unspecified atom stereocenters. The lowest BCUT2D eigenvalue weighted by atomic mass is 10.3. The smallest absolute Gasteiger partial charge is 0.270 e. The van der Waals surface area contributed by atoms with Gasteiger partial charge in [-0.2, -0.15) is 0 Å². The Hall–Kier alpha value is -2.35. The Morgan fingerprint density at radius 3 is 3.00 bits per heavy atom. The van der Waals surface area contributed by atoms with Gasteiger partial charge in [-0.25, -0.2) is 13.8 Å². The van der Waals surface area contributed by atoms with Crippen LogP contribution in [0.2, 0.25) is 0 Å². The molecule has 0 fully saturated rings. The standard InChI is InChI=1S/C13H11F2N3O2S/c1-8-16-5-10(21-8)7-20-17-6-13(19)18-12-3-2-9(14)4-11(12)15/h2-6H,7H2,1H3,(H,18,19)/b17-6+. The molecule has 8 heteroatoms. The zero-order valence-corrected chi connectivity index (χ0v) is 11.8. The van der Waals surface area contributed by atoms with Gasteiger partial charge < -0.3 is 10.2 Å². The summed E-state index contributed by atoms with van der Waals surface area (Å²) in [6.45, 7) is 2.06. The van der Waals surface area contributed by atoms with Crippen molar-refractivity contribution in [2.45, 2.75) is 13.5 Å². The number of carbonyl (C=O) groups is 1. The van der Waals surface area contributed by atoms with Crippen LogP contribution in [-0.2, 0) is 16.2 Å². The van der Waals surface area contributed by atoms with Crippen molar-refractivity contribution in [3.8, 4) is 0 Å². The second-order valence-electron chi connectivity index (χ2n) is 3.97. The molecule has 21 heavy (non-hydrogen) atoms. The number of aryl methyl sites for hydroxylation is 1. The first-order valence-electron chi connectivity index (χ1n) is 5.87. The Labute approximate surface area is 123 Å². The van der Waals surface area contributed by atoms with E-state index >= 15 is 0 Å². The third-order valence-electron chi connectivity index (χ3n) is 2.31. The summed E-state index contributed by atoms with van der Waals surface area (Å²) >= 11 is 1.46. The number of hydrogen-bond donors (Lipinski definition) is 1. The van der Waals surface area contributed by atoms with Crippen LogP contribution in [0.1, 0.15) is 9.88 Å². The van der Waals surface area contributed by atoms with Gasteiger partial charge in [-0.15, -0.1) is 11.3 Å². The molecule has 1 aromatic heterocycles. The predicted octanol–water partition coefficient (Wildman–Crippen LogP) is 2.87. The number of rotatable bonds is 5. The molecule has 2 rings (SSSR count). The third kappa shape index (κ3) is 4.60. The van der Waals surface area contributed by atoms with E-state index in [2.05, 4.69) is 15.5 Å². The Balaban J connectivity index is 1.82. The van der Waals surface area contributed by atoms with Gasteiger partial charge in [0.2, 0.25) is 0 Å². The largest absolute Gasteiger partial charge is 0.390 e. The van der Waals surface area contributed by atoms with Crippen LogP contribution in [0, 0.1) is 18.6 Å². The van der Waals surface area contributed by atoms with Crippen LogP contribution < -0.4 is 5.32 Å². The summed E-state index contributed by atoms with van der Waals surface area (Å²) < 4.78 is 26.0. The number of nitrogens with zero attached hydrogens (tertiary/aromatic N) is 2. The first kappa shape index (κ1) is 15.0. The van der Waals surface area contributed by atoms with E-state index in [0.29, 0.717) is 6.07 Å². The van der Waals surface area contributed by atoms with Gasteiger partial charge in [-0.1, -0.05) is 5.16 Å². The van der Waals surface area contributed by atoms with Crippen molar-refractivity contribution in [1.82, 2.24) is 4.98 Å². The van der Waals surface area contributed by atoms with Gasteiger partial charge >= 0.3 is 0 Å². The monoisotopic (exact) mass is 311 g/mol. The van der Waals surface area contributed by atoms with Crippen molar-refractivity contribution in [2.75, 3.05) is 5.32 Å². The SMILES string of the molecule is Cc1ncc(CO/N=C/C(=O)Nc2ccc(F)cc2F)s1. The molecule has 0 aliphatic heterocycles. The zero-order valence-electron chi connectivity index (χ0n) is 11.0. The van der Waals surface area contributed by atoms with Crippen LogP contribution in [0.15, 0.2) is 29.6 Å². The topological polar surface area (TPSA) is 63.6 Å². The van der Waals surface area contributed by atoms with E-state index in [1.54, 1.807) is 6.20 Å². The Morgan fingerprint density at radius 2 is 2.33 bits per heavy atom. The molecular formula is C13H11F2N3O2S. The Bertz CT molecular complexity index is 673. The van der Waals surface area contributed by atoms with Crippen molar-refractivity contribution < 1.29 is 18.4 Å². The van der Waals surface area contributed by atoms with Gasteiger partial charge in [0.15, 0.2) is 6.61 Å². The van der Waals surface area contributed by atoms with Crippen LogP contribution >= 0.6 is 11.3 Å². The van der Waals surface area contributed by atoms with Crippen molar-refractivity contribution in [2.24, 2.45) is 5.16 Å². The lowest BCUT2D eigenvalue weighted by molar-refractivity contribution is -0.110. The van der Waals surface area contributed by atoms with Crippen LogP contribution in [0.25, 0.3) is 0 Å². The van der Waals surface area contributed by atoms with Crippen molar-refractivity contribution in [3.63, 3.8) is 0 Å². The lowest BCUT2D eigenvalue weighted by Crippen LogP contribution is -2.14. The Kier molecular flexibility index (Phi) is 4.94. The molecule has 0 bridgehead atoms. The fraction of sp³-hybridized carbons (Fsp3) is 0.154. The number of halogens is 2. The van der Waals surface area contributed by atoms with E-state index in [9.17, 15) is 13.6 Å². The fourth-order valence-corrected chi connectivity index (χ4v) is 2.12. The summed E-state index contributed by atoms with van der Waals surface area (Å²) in [5.41, 5.74) is -0.133. The average Bonchev–Trinajstić information content (AvgIpc) is 2.84. The van der Waals surface area contributed by atoms with Gasteiger partial charge in [-0.05, 0) is 19.1 Å². The van der Waals surface area contributed by atoms with E-state index in [1.165, 1.54) is 11.3 Å². The molecule has 5 nitrogen and oxygen atoms in total. The highest BCUT2D eigenvalue weighted by atomic mass is 32.1. The number of thiazole rings is 1. The van der Waals surface area contributed by atoms with E-state index < -0.39 is 17.5 Å². The van der Waals surface area contributed by atoms with Crippen molar-refractivity contribution >= 4 is 29.1 Å². The fourth-order valence-electron chi connectivity index (χ4n) is 1.41. The zero-order chi connectivity index (χ0) is 15.2. The van der Waals surface area contributed by atoms with Gasteiger partial charge in [0.05, 0.1) is 15.6 Å². The van der Waals surface area contributed by atoms with Crippen LogP contribution in [0.5, 0.6) is 0 Å². The van der Waals surface area contributed by atoms with Crippen LogP contribution in [-0.4, -0.2) is 17.1 Å². The highest BCUT2D eigenvalue weighted by molar-refractivity contribution is 7.11. The van der Waals surface area contributed by atoms with Gasteiger partial charge in [0.1, 0.15) is 17.8 Å². The van der Waals surface area contributed by atoms with E-state index in [1.807, 2.05) is 6.92 Å². The maximum absolute atomic E-state index is 13.3. The summed E-state index contributed by atoms with van der Waals surface area (Å²) in [4.78, 5) is 21.3. The molecule has 0 aliphatic carbocycles. The van der Waals surface area contributed by atoms with E-state index in [0.717, 1.165) is 28.2 Å². The maximum Gasteiger partial charge on any atom is 0.270 e. The summed E-state index contributed by atoms with van der Waals surface area (Å²) in [6, 6.07) is 2.84. The normalized spacial score (nSPS) is 10.8. The molecule has 0 saturated carbocycles. The molecular weight excluding hydrogens is 300 g/mol. The molecule has 0 spiro atoms. The number of oxime groups is 1. The number of carbonyl (C=O) groups excluding carboxylic acids is 1. The summed E-state index contributed by atoms with van der Waals surface area (Å²) in [7, 11) is 0. The third-order valence-corrected chi connectivity index (χ3v) is 3.20. The highest BCUT2D eigenvalue weighted by Crippen LogP contribution is 2.14. The molecule has 1 heterocycles. The maximum atomic E-state index is 13.3. The number of nitrogens with one attached hydrogen (secondary N) is 1. The first-order chi connectivity index (χ1) is 10.0. The number of benzene rings is 1. The highest BCUT2D eigenvalue weighted by Gasteiger charge is 2.06. The van der Waals surface area contributed by atoms with E-state index in [4.69, 9.17) is 4.84 Å². The molecule has 0 aliphatic rings. The quantitative estimate of drug-likeness (QED) is 0.682. The minimum absolute atomic E-state index is 0.133. The van der Waals surface area contributed by atoms with Crippen molar-refractivity contribution in [3.05, 3.63) is 45.9 Å². The molecule has 0 radical (unpaired) electrons. The molecule has 110 valence electrons. The first-order valence-corrected chi connectivity index (χ1v) is 6.69. The molecule has 1 amide bonds. The predicted molar refractivity (Wildman–Crippen MR) is 75.1 cm³/mol. The minimum Gasteiger partial charge on any atom is -0.390 e. The van der Waals surface area contributed by atoms with Gasteiger partial charge in [0.25, 0.3) is 5.91 Å². The molecule has 0 atom stereocenters. The van der Waals surface area contributed by atoms with E-state index in [-0.39, 0.29) is 12.3 Å². The van der Waals surface area contributed by atoms with Crippen LogP contribution in [0.4, 0.5) is 14.5 Å². The van der Waals surface area contributed by atoms with Crippen LogP contribution in [0.3, 0.4) is 0 Å². The summed E-state index contributed by atoms with van der Waals surface area (Å²) in [5, 5.41) is 6.59. The van der Waals surface area contributed by atoms with Gasteiger partial charge in [-0.3, -0.25) is 4.79 Å². The summed E-state index contributed by atoms with van der Waals surface area (Å²) in [5.74, 6) is -2.26. The molecule has 0 saturated heterocycles. The second-order valence-corrected chi connectivity index (χ2v) is 5.29. The second kappa shape index (κ2) is 6.89. The molecule has 1 aromatic carbocycles. The number of anilines is 1. The molecule has 2 aromatic rings. The number of hydrogen-bond acceptors (Lipinski definition) is 5. The minimum atomic E-state index is -0.863. The number of amides is 1. The number of aromatic nitrogens is 1. The van der Waals surface area contributed by atoms with Gasteiger partial charge in [0, 0.05) is 12.3 Å². The summed E-state index contributed by atoms with van der Waals surface area (Å²) in [6.07, 6.45) is 2.53. The van der Waals surface area contributed by atoms with Crippen molar-refractivity contribution in [1.29, 1.82) is 0 Å². The lowest BCUT2D eigenvalue weighted by Gasteiger charge is -2.03.